The number of amidine groups is 1. The van der Waals surface area contributed by atoms with Gasteiger partial charge in [0, 0.05) is 10.5 Å². The smallest absolute Gasteiger partial charge is 0.131 e. The summed E-state index contributed by atoms with van der Waals surface area (Å²) < 4.78 is 19.3. The standard InChI is InChI=1S/C16H17FN2OS/c1-2-21-14-9-5-8-13(15(14)16(18)19)20-10-11-6-3-4-7-12(11)17/h3-9H,2,10H2,1H3,(H3,18,19). The Balaban J connectivity index is 2.25. The summed E-state index contributed by atoms with van der Waals surface area (Å²) in [5, 5.41) is 7.73. The molecule has 0 amide bonds. The van der Waals surface area contributed by atoms with Gasteiger partial charge in [0.2, 0.25) is 0 Å². The van der Waals surface area contributed by atoms with Gasteiger partial charge in [0.25, 0.3) is 0 Å². The molecule has 0 radical (unpaired) electrons. The topological polar surface area (TPSA) is 59.1 Å². The van der Waals surface area contributed by atoms with Crippen LogP contribution in [0.3, 0.4) is 0 Å². The van der Waals surface area contributed by atoms with Crippen LogP contribution in [-0.2, 0) is 6.61 Å². The van der Waals surface area contributed by atoms with Crippen molar-refractivity contribution in [3.8, 4) is 5.75 Å². The predicted molar refractivity (Wildman–Crippen MR) is 84.6 cm³/mol. The van der Waals surface area contributed by atoms with Gasteiger partial charge >= 0.3 is 0 Å². The van der Waals surface area contributed by atoms with Crippen molar-refractivity contribution in [1.29, 1.82) is 5.41 Å². The van der Waals surface area contributed by atoms with E-state index in [4.69, 9.17) is 15.9 Å². The number of nitrogen functional groups attached to an aromatic ring is 1. The van der Waals surface area contributed by atoms with Crippen LogP contribution in [0.15, 0.2) is 47.4 Å². The van der Waals surface area contributed by atoms with Crippen LogP contribution in [0.2, 0.25) is 0 Å². The summed E-state index contributed by atoms with van der Waals surface area (Å²) in [7, 11) is 0. The number of hydrogen-bond acceptors (Lipinski definition) is 3. The monoisotopic (exact) mass is 304 g/mol. The summed E-state index contributed by atoms with van der Waals surface area (Å²) in [4.78, 5) is 0.899. The molecule has 0 atom stereocenters. The normalized spacial score (nSPS) is 10.4. The highest BCUT2D eigenvalue weighted by Crippen LogP contribution is 2.30. The molecular weight excluding hydrogens is 287 g/mol. The molecule has 0 heterocycles. The van der Waals surface area contributed by atoms with E-state index in [9.17, 15) is 4.39 Å². The third-order valence-corrected chi connectivity index (χ3v) is 3.84. The second-order valence-corrected chi connectivity index (χ2v) is 5.66. The zero-order valence-electron chi connectivity index (χ0n) is 11.7. The molecule has 2 aromatic carbocycles. The van der Waals surface area contributed by atoms with Gasteiger partial charge in [-0.05, 0) is 24.0 Å². The average Bonchev–Trinajstić information content (AvgIpc) is 2.46. The molecule has 110 valence electrons. The fourth-order valence-corrected chi connectivity index (χ4v) is 2.78. The summed E-state index contributed by atoms with van der Waals surface area (Å²) in [6.07, 6.45) is 0. The van der Waals surface area contributed by atoms with Crippen LogP contribution in [0.1, 0.15) is 18.1 Å². The van der Waals surface area contributed by atoms with Crippen molar-refractivity contribution < 1.29 is 9.13 Å². The van der Waals surface area contributed by atoms with E-state index in [0.717, 1.165) is 10.6 Å². The van der Waals surface area contributed by atoms with Gasteiger partial charge in [-0.3, -0.25) is 5.41 Å². The Kier molecular flexibility index (Phi) is 5.22. The number of nitrogens with one attached hydrogen (secondary N) is 1. The highest BCUT2D eigenvalue weighted by atomic mass is 32.2. The maximum Gasteiger partial charge on any atom is 0.131 e. The number of thioether (sulfide) groups is 1. The fourth-order valence-electron chi connectivity index (χ4n) is 1.94. The van der Waals surface area contributed by atoms with Crippen molar-refractivity contribution in [2.24, 2.45) is 5.73 Å². The van der Waals surface area contributed by atoms with Crippen molar-refractivity contribution in [2.75, 3.05) is 5.75 Å². The van der Waals surface area contributed by atoms with Crippen molar-refractivity contribution in [2.45, 2.75) is 18.4 Å². The van der Waals surface area contributed by atoms with E-state index < -0.39 is 0 Å². The van der Waals surface area contributed by atoms with E-state index in [-0.39, 0.29) is 18.3 Å². The van der Waals surface area contributed by atoms with Crippen LogP contribution in [0.25, 0.3) is 0 Å². The molecule has 0 aliphatic heterocycles. The minimum Gasteiger partial charge on any atom is -0.488 e. The van der Waals surface area contributed by atoms with E-state index in [2.05, 4.69) is 0 Å². The van der Waals surface area contributed by atoms with Crippen LogP contribution >= 0.6 is 11.8 Å². The Hall–Kier alpha value is -2.01. The van der Waals surface area contributed by atoms with Crippen LogP contribution in [0.4, 0.5) is 4.39 Å². The molecule has 5 heteroatoms. The Labute approximate surface area is 127 Å². The highest BCUT2D eigenvalue weighted by Gasteiger charge is 2.13. The summed E-state index contributed by atoms with van der Waals surface area (Å²) in [6, 6.07) is 12.0. The Bertz CT molecular complexity index is 646. The maximum absolute atomic E-state index is 13.6. The van der Waals surface area contributed by atoms with Gasteiger partial charge in [-0.15, -0.1) is 11.8 Å². The molecule has 0 spiro atoms. The van der Waals surface area contributed by atoms with Crippen LogP contribution in [0.5, 0.6) is 5.75 Å². The van der Waals surface area contributed by atoms with Gasteiger partial charge in [0.15, 0.2) is 0 Å². The number of nitrogens with two attached hydrogens (primary N) is 1. The zero-order valence-corrected chi connectivity index (χ0v) is 12.5. The summed E-state index contributed by atoms with van der Waals surface area (Å²) in [6.45, 7) is 2.13. The number of ether oxygens (including phenoxy) is 1. The molecule has 0 aliphatic carbocycles. The Morgan fingerprint density at radius 3 is 2.67 bits per heavy atom. The lowest BCUT2D eigenvalue weighted by Crippen LogP contribution is -2.14. The molecule has 3 N–H and O–H groups in total. The van der Waals surface area contributed by atoms with E-state index in [1.807, 2.05) is 19.1 Å². The third kappa shape index (κ3) is 3.76. The lowest BCUT2D eigenvalue weighted by Gasteiger charge is -2.14. The summed E-state index contributed by atoms with van der Waals surface area (Å²) >= 11 is 1.59. The molecule has 2 aromatic rings. The van der Waals surface area contributed by atoms with Gasteiger partial charge < -0.3 is 10.5 Å². The van der Waals surface area contributed by atoms with Crippen molar-refractivity contribution in [3.05, 3.63) is 59.4 Å². The number of halogens is 1. The first-order valence-corrected chi connectivity index (χ1v) is 7.58. The van der Waals surface area contributed by atoms with Crippen molar-refractivity contribution in [3.63, 3.8) is 0 Å². The number of benzene rings is 2. The Morgan fingerprint density at radius 2 is 2.00 bits per heavy atom. The molecule has 0 bridgehead atoms. The molecule has 21 heavy (non-hydrogen) atoms. The SMILES string of the molecule is CCSc1cccc(OCc2ccccc2F)c1C(=N)N. The van der Waals surface area contributed by atoms with Gasteiger partial charge in [-0.25, -0.2) is 4.39 Å². The maximum atomic E-state index is 13.6. The number of hydrogen-bond donors (Lipinski definition) is 2. The predicted octanol–water partition coefficient (Wildman–Crippen LogP) is 3.80. The minimum atomic E-state index is -0.305. The van der Waals surface area contributed by atoms with E-state index in [1.54, 1.807) is 36.0 Å². The largest absolute Gasteiger partial charge is 0.488 e. The molecular formula is C16H17FN2OS. The number of rotatable bonds is 6. The van der Waals surface area contributed by atoms with Crippen LogP contribution < -0.4 is 10.5 Å². The second kappa shape index (κ2) is 7.13. The van der Waals surface area contributed by atoms with E-state index in [1.165, 1.54) is 6.07 Å². The van der Waals surface area contributed by atoms with Crippen LogP contribution in [-0.4, -0.2) is 11.6 Å². The molecule has 0 fully saturated rings. The third-order valence-electron chi connectivity index (χ3n) is 2.90. The van der Waals surface area contributed by atoms with Crippen molar-refractivity contribution >= 4 is 17.6 Å². The average molecular weight is 304 g/mol. The first kappa shape index (κ1) is 15.4. The molecule has 0 unspecified atom stereocenters. The molecule has 0 aromatic heterocycles. The van der Waals surface area contributed by atoms with E-state index in [0.29, 0.717) is 16.9 Å². The molecule has 2 rings (SSSR count). The Morgan fingerprint density at radius 1 is 1.24 bits per heavy atom. The fraction of sp³-hybridized carbons (Fsp3) is 0.188. The molecule has 0 saturated heterocycles. The quantitative estimate of drug-likeness (QED) is 0.485. The summed E-state index contributed by atoms with van der Waals surface area (Å²) in [5.74, 6) is 1.03. The zero-order chi connectivity index (χ0) is 15.2. The lowest BCUT2D eigenvalue weighted by atomic mass is 10.2. The minimum absolute atomic E-state index is 0.0462. The first-order chi connectivity index (χ1) is 10.1. The molecule has 0 saturated carbocycles. The van der Waals surface area contributed by atoms with Gasteiger partial charge in [0.1, 0.15) is 24.0 Å². The van der Waals surface area contributed by atoms with E-state index >= 15 is 0 Å². The first-order valence-electron chi connectivity index (χ1n) is 6.60. The molecule has 0 aliphatic rings. The van der Waals surface area contributed by atoms with Gasteiger partial charge in [0.05, 0.1) is 5.56 Å². The van der Waals surface area contributed by atoms with Gasteiger partial charge in [-0.1, -0.05) is 31.2 Å². The van der Waals surface area contributed by atoms with Crippen LogP contribution in [0, 0.1) is 11.2 Å². The summed E-state index contributed by atoms with van der Waals surface area (Å²) in [5.41, 5.74) is 6.70. The lowest BCUT2D eigenvalue weighted by molar-refractivity contribution is 0.298. The molecule has 3 nitrogen and oxygen atoms in total. The van der Waals surface area contributed by atoms with Gasteiger partial charge in [-0.2, -0.15) is 0 Å². The van der Waals surface area contributed by atoms with Crippen molar-refractivity contribution in [1.82, 2.24) is 0 Å². The highest BCUT2D eigenvalue weighted by molar-refractivity contribution is 7.99. The second-order valence-electron chi connectivity index (χ2n) is 4.36.